The first kappa shape index (κ1) is 13.0. The maximum atomic E-state index is 11.1. The Bertz CT molecular complexity index is 627. The molecule has 1 aromatic carbocycles. The van der Waals surface area contributed by atoms with E-state index >= 15 is 0 Å². The predicted molar refractivity (Wildman–Crippen MR) is 72.8 cm³/mol. The van der Waals surface area contributed by atoms with E-state index in [2.05, 4.69) is 9.97 Å². The van der Waals surface area contributed by atoms with E-state index in [0.717, 1.165) is 11.8 Å². The van der Waals surface area contributed by atoms with E-state index in [4.69, 9.17) is 22.3 Å². The Morgan fingerprint density at radius 2 is 1.74 bits per heavy atom. The Kier molecular flexibility index (Phi) is 3.43. The molecule has 0 spiro atoms. The minimum absolute atomic E-state index is 0.115. The normalized spacial score (nSPS) is 10.3. The quantitative estimate of drug-likeness (QED) is 0.482. The second-order valence-electron chi connectivity index (χ2n) is 3.66. The summed E-state index contributed by atoms with van der Waals surface area (Å²) in [6.07, 6.45) is 0. The summed E-state index contributed by atoms with van der Waals surface area (Å²) >= 11 is 1.04. The van der Waals surface area contributed by atoms with E-state index in [0.29, 0.717) is 10.6 Å². The molecule has 7 N–H and O–H groups in total. The number of nitrogens with two attached hydrogens (primary N) is 3. The van der Waals surface area contributed by atoms with Crippen molar-refractivity contribution in [2.45, 2.75) is 10.1 Å². The van der Waals surface area contributed by atoms with Crippen LogP contribution >= 0.6 is 11.8 Å². The molecule has 0 atom stereocenters. The smallest absolute Gasteiger partial charge is 0.336 e. The summed E-state index contributed by atoms with van der Waals surface area (Å²) in [4.78, 5) is 19.5. The number of hydrogen-bond donors (Lipinski definition) is 4. The van der Waals surface area contributed by atoms with Crippen LogP contribution in [0.25, 0.3) is 0 Å². The molecule has 1 aromatic heterocycles. The van der Waals surface area contributed by atoms with Crippen LogP contribution in [0.3, 0.4) is 0 Å². The lowest BCUT2D eigenvalue weighted by molar-refractivity contribution is 0.0693. The molecular weight excluding hydrogens is 266 g/mol. The van der Waals surface area contributed by atoms with Crippen LogP contribution in [0, 0.1) is 0 Å². The number of anilines is 3. The zero-order valence-electron chi connectivity index (χ0n) is 9.70. The van der Waals surface area contributed by atoms with Crippen molar-refractivity contribution < 1.29 is 9.90 Å². The number of rotatable bonds is 3. The van der Waals surface area contributed by atoms with Crippen LogP contribution in [-0.2, 0) is 0 Å². The van der Waals surface area contributed by atoms with Gasteiger partial charge in [-0.05, 0) is 30.0 Å². The number of carbonyl (C=O) groups is 1. The summed E-state index contributed by atoms with van der Waals surface area (Å²) < 4.78 is 0. The molecule has 0 aliphatic heterocycles. The molecule has 7 nitrogen and oxygen atoms in total. The van der Waals surface area contributed by atoms with E-state index < -0.39 is 5.97 Å². The molecule has 0 saturated carbocycles. The Balaban J connectivity index is 2.42. The van der Waals surface area contributed by atoms with E-state index in [-0.39, 0.29) is 22.4 Å². The molecule has 2 aromatic rings. The fourth-order valence-corrected chi connectivity index (χ4v) is 2.37. The number of carboxylic acid groups (broad SMARTS) is 1. The zero-order valence-corrected chi connectivity index (χ0v) is 10.5. The van der Waals surface area contributed by atoms with Gasteiger partial charge in [0.25, 0.3) is 0 Å². The van der Waals surface area contributed by atoms with Crippen LogP contribution in [0.1, 0.15) is 10.4 Å². The highest BCUT2D eigenvalue weighted by Crippen LogP contribution is 2.30. The Labute approximate surface area is 112 Å². The average molecular weight is 277 g/mol. The fraction of sp³-hybridized carbons (Fsp3) is 0. The number of benzene rings is 1. The molecular formula is C11H11N5O2S. The Morgan fingerprint density at radius 3 is 2.32 bits per heavy atom. The van der Waals surface area contributed by atoms with Gasteiger partial charge >= 0.3 is 5.97 Å². The van der Waals surface area contributed by atoms with Crippen molar-refractivity contribution >= 4 is 35.1 Å². The monoisotopic (exact) mass is 277 g/mol. The molecule has 0 bridgehead atoms. The van der Waals surface area contributed by atoms with Gasteiger partial charge in [-0.15, -0.1) is 0 Å². The van der Waals surface area contributed by atoms with Crippen molar-refractivity contribution in [3.63, 3.8) is 0 Å². The minimum Gasteiger partial charge on any atom is -0.478 e. The SMILES string of the molecule is Nc1ccc(C(=O)O)c(Sc2nc(N)cc(N)n2)c1. The van der Waals surface area contributed by atoms with Crippen LogP contribution in [0.4, 0.5) is 17.3 Å². The van der Waals surface area contributed by atoms with Gasteiger partial charge in [0.2, 0.25) is 0 Å². The molecule has 8 heteroatoms. The van der Waals surface area contributed by atoms with Crippen molar-refractivity contribution in [3.05, 3.63) is 29.8 Å². The topological polar surface area (TPSA) is 141 Å². The highest BCUT2D eigenvalue weighted by molar-refractivity contribution is 7.99. The van der Waals surface area contributed by atoms with Crippen LogP contribution in [-0.4, -0.2) is 21.0 Å². The average Bonchev–Trinajstić information content (AvgIpc) is 2.26. The summed E-state index contributed by atoms with van der Waals surface area (Å²) in [7, 11) is 0. The summed E-state index contributed by atoms with van der Waals surface area (Å²) in [5.41, 5.74) is 17.3. The molecule has 0 unspecified atom stereocenters. The molecule has 0 fully saturated rings. The first-order valence-corrected chi connectivity index (χ1v) is 5.98. The van der Waals surface area contributed by atoms with Crippen LogP contribution in [0.5, 0.6) is 0 Å². The third-order valence-corrected chi connectivity index (χ3v) is 3.11. The van der Waals surface area contributed by atoms with Gasteiger partial charge in [0, 0.05) is 16.6 Å². The van der Waals surface area contributed by atoms with E-state index in [1.807, 2.05) is 0 Å². The second-order valence-corrected chi connectivity index (χ2v) is 4.67. The highest BCUT2D eigenvalue weighted by atomic mass is 32.2. The maximum absolute atomic E-state index is 11.1. The Morgan fingerprint density at radius 1 is 1.11 bits per heavy atom. The molecule has 0 saturated heterocycles. The largest absolute Gasteiger partial charge is 0.478 e. The van der Waals surface area contributed by atoms with Gasteiger partial charge < -0.3 is 22.3 Å². The lowest BCUT2D eigenvalue weighted by Crippen LogP contribution is -2.02. The van der Waals surface area contributed by atoms with E-state index in [1.54, 1.807) is 0 Å². The van der Waals surface area contributed by atoms with Crippen molar-refractivity contribution in [3.8, 4) is 0 Å². The molecule has 0 aliphatic carbocycles. The van der Waals surface area contributed by atoms with Crippen molar-refractivity contribution in [1.29, 1.82) is 0 Å². The first-order chi connectivity index (χ1) is 8.95. The predicted octanol–water partition coefficient (Wildman–Crippen LogP) is 1.07. The van der Waals surface area contributed by atoms with Gasteiger partial charge in [-0.25, -0.2) is 14.8 Å². The Hall–Kier alpha value is -2.48. The van der Waals surface area contributed by atoms with Gasteiger partial charge in [-0.2, -0.15) is 0 Å². The highest BCUT2D eigenvalue weighted by Gasteiger charge is 2.13. The number of nitrogens with zero attached hydrogens (tertiary/aromatic N) is 2. The van der Waals surface area contributed by atoms with Crippen molar-refractivity contribution in [1.82, 2.24) is 9.97 Å². The van der Waals surface area contributed by atoms with Crippen LogP contribution in [0.15, 0.2) is 34.3 Å². The lowest BCUT2D eigenvalue weighted by Gasteiger charge is -2.06. The summed E-state index contributed by atoms with van der Waals surface area (Å²) in [5.74, 6) is -0.620. The third kappa shape index (κ3) is 3.05. The summed E-state index contributed by atoms with van der Waals surface area (Å²) in [6.45, 7) is 0. The summed E-state index contributed by atoms with van der Waals surface area (Å²) in [6, 6.07) is 5.90. The summed E-state index contributed by atoms with van der Waals surface area (Å²) in [5, 5.41) is 9.37. The number of aromatic carboxylic acids is 1. The molecule has 2 rings (SSSR count). The molecule has 19 heavy (non-hydrogen) atoms. The molecule has 98 valence electrons. The first-order valence-electron chi connectivity index (χ1n) is 5.16. The van der Waals surface area contributed by atoms with Crippen LogP contribution in [0.2, 0.25) is 0 Å². The minimum atomic E-state index is -1.06. The number of aromatic nitrogens is 2. The number of nitrogen functional groups attached to an aromatic ring is 3. The second kappa shape index (κ2) is 5.02. The van der Waals surface area contributed by atoms with Gasteiger partial charge in [0.15, 0.2) is 5.16 Å². The van der Waals surface area contributed by atoms with Crippen molar-refractivity contribution in [2.24, 2.45) is 0 Å². The third-order valence-electron chi connectivity index (χ3n) is 2.18. The van der Waals surface area contributed by atoms with Gasteiger partial charge in [-0.3, -0.25) is 0 Å². The fourth-order valence-electron chi connectivity index (χ4n) is 1.41. The number of hydrogen-bond acceptors (Lipinski definition) is 7. The lowest BCUT2D eigenvalue weighted by atomic mass is 10.2. The van der Waals surface area contributed by atoms with E-state index in [1.165, 1.54) is 24.3 Å². The molecule has 0 radical (unpaired) electrons. The zero-order chi connectivity index (χ0) is 14.0. The molecule has 1 heterocycles. The van der Waals surface area contributed by atoms with Crippen LogP contribution < -0.4 is 17.2 Å². The number of carboxylic acids is 1. The maximum Gasteiger partial charge on any atom is 0.336 e. The van der Waals surface area contributed by atoms with Gasteiger partial charge in [0.05, 0.1) is 5.56 Å². The van der Waals surface area contributed by atoms with E-state index in [9.17, 15) is 4.79 Å². The standard InChI is InChI=1S/C11H11N5O2S/c12-5-1-2-6(10(17)18)7(3-5)19-11-15-8(13)4-9(14)16-11/h1-4H,12H2,(H,17,18)(H4,13,14,15,16). The molecule has 0 aliphatic rings. The van der Waals surface area contributed by atoms with Gasteiger partial charge in [-0.1, -0.05) is 0 Å². The molecule has 0 amide bonds. The van der Waals surface area contributed by atoms with Gasteiger partial charge in [0.1, 0.15) is 11.6 Å². The van der Waals surface area contributed by atoms with Crippen molar-refractivity contribution in [2.75, 3.05) is 17.2 Å².